The van der Waals surface area contributed by atoms with E-state index in [-0.39, 0.29) is 24.3 Å². The summed E-state index contributed by atoms with van der Waals surface area (Å²) >= 11 is 0. The fourth-order valence-corrected chi connectivity index (χ4v) is 1.74. The van der Waals surface area contributed by atoms with Gasteiger partial charge in [0.1, 0.15) is 0 Å². The third kappa shape index (κ3) is 3.51. The van der Waals surface area contributed by atoms with Crippen molar-refractivity contribution in [2.24, 2.45) is 0 Å². The van der Waals surface area contributed by atoms with E-state index in [0.717, 1.165) is 0 Å². The smallest absolute Gasteiger partial charge is 0.257 e. The molecule has 2 amide bonds. The Bertz CT molecular complexity index is 549. The minimum absolute atomic E-state index is 0.0847. The molecule has 1 unspecified atom stereocenters. The van der Waals surface area contributed by atoms with Crippen LogP contribution in [0.25, 0.3) is 0 Å². The van der Waals surface area contributed by atoms with E-state index in [1.165, 1.54) is 0 Å². The molecular weight excluding hydrogens is 242 g/mol. The molecular formula is C14H15N3O2. The second kappa shape index (κ2) is 5.95. The van der Waals surface area contributed by atoms with Crippen LogP contribution in [0, 0.1) is 0 Å². The van der Waals surface area contributed by atoms with Crippen molar-refractivity contribution in [2.45, 2.75) is 19.4 Å². The fourth-order valence-electron chi connectivity index (χ4n) is 1.74. The van der Waals surface area contributed by atoms with Gasteiger partial charge in [0.2, 0.25) is 5.91 Å². The molecule has 0 fully saturated rings. The van der Waals surface area contributed by atoms with Crippen molar-refractivity contribution in [1.82, 2.24) is 15.1 Å². The van der Waals surface area contributed by atoms with Gasteiger partial charge in [-0.25, -0.2) is 0 Å². The molecule has 0 spiro atoms. The topological polar surface area (TPSA) is 64.0 Å². The van der Waals surface area contributed by atoms with E-state index in [4.69, 9.17) is 0 Å². The molecule has 0 aliphatic rings. The molecule has 0 saturated carbocycles. The van der Waals surface area contributed by atoms with Crippen molar-refractivity contribution in [2.75, 3.05) is 0 Å². The highest BCUT2D eigenvalue weighted by molar-refractivity contribution is 6.04. The summed E-state index contributed by atoms with van der Waals surface area (Å²) in [4.78, 5) is 23.5. The highest BCUT2D eigenvalue weighted by Crippen LogP contribution is 2.08. The van der Waals surface area contributed by atoms with Crippen LogP contribution in [0.3, 0.4) is 0 Å². The second-order valence-electron chi connectivity index (χ2n) is 4.28. The molecule has 19 heavy (non-hydrogen) atoms. The molecule has 2 rings (SSSR count). The molecule has 1 N–H and O–H groups in total. The van der Waals surface area contributed by atoms with Gasteiger partial charge in [-0.2, -0.15) is 5.10 Å². The number of nitrogens with one attached hydrogen (secondary N) is 1. The van der Waals surface area contributed by atoms with Crippen LogP contribution in [0.15, 0.2) is 48.8 Å². The fraction of sp³-hybridized carbons (Fsp3) is 0.214. The van der Waals surface area contributed by atoms with Gasteiger partial charge in [-0.1, -0.05) is 18.2 Å². The zero-order chi connectivity index (χ0) is 13.7. The summed E-state index contributed by atoms with van der Waals surface area (Å²) in [5.74, 6) is -0.685. The van der Waals surface area contributed by atoms with E-state index < -0.39 is 0 Å². The second-order valence-corrected chi connectivity index (χ2v) is 4.28. The third-order valence-electron chi connectivity index (χ3n) is 2.75. The monoisotopic (exact) mass is 257 g/mol. The van der Waals surface area contributed by atoms with Gasteiger partial charge < -0.3 is 0 Å². The van der Waals surface area contributed by atoms with Crippen molar-refractivity contribution in [3.63, 3.8) is 0 Å². The van der Waals surface area contributed by atoms with Crippen LogP contribution in [-0.4, -0.2) is 21.6 Å². The van der Waals surface area contributed by atoms with Gasteiger partial charge in [0, 0.05) is 24.4 Å². The van der Waals surface area contributed by atoms with Crippen molar-refractivity contribution < 1.29 is 9.59 Å². The minimum Gasteiger partial charge on any atom is -0.292 e. The first-order valence-electron chi connectivity index (χ1n) is 6.05. The Morgan fingerprint density at radius 2 is 2.00 bits per heavy atom. The molecule has 0 bridgehead atoms. The van der Waals surface area contributed by atoms with E-state index in [2.05, 4.69) is 10.4 Å². The molecule has 1 atom stereocenters. The molecule has 0 radical (unpaired) electrons. The number of nitrogens with zero attached hydrogens (tertiary/aromatic N) is 2. The van der Waals surface area contributed by atoms with E-state index in [9.17, 15) is 9.59 Å². The SMILES string of the molecule is CC(CC(=O)NC(=O)c1ccccc1)n1cccn1. The van der Waals surface area contributed by atoms with Gasteiger partial charge in [-0.3, -0.25) is 19.6 Å². The van der Waals surface area contributed by atoms with Gasteiger partial charge >= 0.3 is 0 Å². The highest BCUT2D eigenvalue weighted by atomic mass is 16.2. The van der Waals surface area contributed by atoms with Crippen LogP contribution in [0.1, 0.15) is 29.7 Å². The lowest BCUT2D eigenvalue weighted by molar-refractivity contribution is -0.120. The quantitative estimate of drug-likeness (QED) is 0.908. The first kappa shape index (κ1) is 13.0. The van der Waals surface area contributed by atoms with E-state index >= 15 is 0 Å². The summed E-state index contributed by atoms with van der Waals surface area (Å²) < 4.78 is 1.69. The van der Waals surface area contributed by atoms with Crippen molar-refractivity contribution >= 4 is 11.8 Å². The molecule has 2 aromatic rings. The van der Waals surface area contributed by atoms with Crippen LogP contribution < -0.4 is 5.32 Å². The van der Waals surface area contributed by atoms with Gasteiger partial charge in [-0.15, -0.1) is 0 Å². The summed E-state index contributed by atoms with van der Waals surface area (Å²) in [7, 11) is 0. The van der Waals surface area contributed by atoms with Gasteiger partial charge in [0.05, 0.1) is 6.04 Å². The lowest BCUT2D eigenvalue weighted by atomic mass is 10.2. The highest BCUT2D eigenvalue weighted by Gasteiger charge is 2.14. The predicted molar refractivity (Wildman–Crippen MR) is 70.5 cm³/mol. The number of carbonyl (C=O) groups is 2. The van der Waals surface area contributed by atoms with Crippen molar-refractivity contribution in [3.05, 3.63) is 54.4 Å². The lowest BCUT2D eigenvalue weighted by Gasteiger charge is -2.11. The van der Waals surface area contributed by atoms with E-state index in [1.807, 2.05) is 13.0 Å². The largest absolute Gasteiger partial charge is 0.292 e. The average molecular weight is 257 g/mol. The summed E-state index contributed by atoms with van der Waals surface area (Å²) in [6.45, 7) is 1.87. The number of hydrogen-bond acceptors (Lipinski definition) is 3. The molecule has 1 heterocycles. The number of rotatable bonds is 4. The Labute approximate surface area is 111 Å². The predicted octanol–water partition coefficient (Wildman–Crippen LogP) is 1.79. The van der Waals surface area contributed by atoms with Crippen LogP contribution in [-0.2, 0) is 4.79 Å². The average Bonchev–Trinajstić information content (AvgIpc) is 2.93. The van der Waals surface area contributed by atoms with E-state index in [1.54, 1.807) is 47.4 Å². The first-order chi connectivity index (χ1) is 9.16. The maximum atomic E-state index is 11.8. The maximum Gasteiger partial charge on any atom is 0.257 e. The Morgan fingerprint density at radius 3 is 2.63 bits per heavy atom. The zero-order valence-corrected chi connectivity index (χ0v) is 10.6. The Hall–Kier alpha value is -2.43. The van der Waals surface area contributed by atoms with E-state index in [0.29, 0.717) is 5.56 Å². The van der Waals surface area contributed by atoms with Crippen LogP contribution in [0.5, 0.6) is 0 Å². The number of carbonyl (C=O) groups excluding carboxylic acids is 2. The number of aromatic nitrogens is 2. The van der Waals surface area contributed by atoms with Gasteiger partial charge in [-0.05, 0) is 25.1 Å². The molecule has 98 valence electrons. The normalized spacial score (nSPS) is 11.8. The van der Waals surface area contributed by atoms with Gasteiger partial charge in [0.25, 0.3) is 5.91 Å². The Kier molecular flexibility index (Phi) is 4.07. The lowest BCUT2D eigenvalue weighted by Crippen LogP contribution is -2.31. The summed E-state index contributed by atoms with van der Waals surface area (Å²) in [5.41, 5.74) is 0.475. The Balaban J connectivity index is 1.90. The molecule has 0 saturated heterocycles. The molecule has 0 aliphatic heterocycles. The molecule has 0 aliphatic carbocycles. The van der Waals surface area contributed by atoms with Crippen LogP contribution in [0.4, 0.5) is 0 Å². The Morgan fingerprint density at radius 1 is 1.26 bits per heavy atom. The van der Waals surface area contributed by atoms with Crippen LogP contribution in [0.2, 0.25) is 0 Å². The van der Waals surface area contributed by atoms with Crippen molar-refractivity contribution in [3.8, 4) is 0 Å². The molecule has 5 nitrogen and oxygen atoms in total. The van der Waals surface area contributed by atoms with Crippen LogP contribution >= 0.6 is 0 Å². The summed E-state index contributed by atoms with van der Waals surface area (Å²) in [6.07, 6.45) is 3.65. The standard InChI is InChI=1S/C14H15N3O2/c1-11(17-9-5-8-15-17)10-13(18)16-14(19)12-6-3-2-4-7-12/h2-9,11H,10H2,1H3,(H,16,18,19). The zero-order valence-electron chi connectivity index (χ0n) is 10.6. The summed E-state index contributed by atoms with van der Waals surface area (Å²) in [6, 6.07) is 10.4. The molecule has 1 aromatic carbocycles. The molecule has 5 heteroatoms. The van der Waals surface area contributed by atoms with Crippen molar-refractivity contribution in [1.29, 1.82) is 0 Å². The molecule has 1 aromatic heterocycles. The maximum absolute atomic E-state index is 11.8. The minimum atomic E-state index is -0.377. The number of benzene rings is 1. The summed E-state index contributed by atoms with van der Waals surface area (Å²) in [5, 5.41) is 6.43. The number of hydrogen-bond donors (Lipinski definition) is 1. The number of amides is 2. The van der Waals surface area contributed by atoms with Gasteiger partial charge in [0.15, 0.2) is 0 Å². The third-order valence-corrected chi connectivity index (χ3v) is 2.75. The number of imide groups is 1. The first-order valence-corrected chi connectivity index (χ1v) is 6.05.